The lowest BCUT2D eigenvalue weighted by atomic mass is 9.98. The average molecular weight is 257 g/mol. The highest BCUT2D eigenvalue weighted by Gasteiger charge is 2.22. The fraction of sp³-hybridized carbons (Fsp3) is 0.462. The van der Waals surface area contributed by atoms with E-state index in [1.54, 1.807) is 0 Å². The Hall–Kier alpha value is -1.06. The highest BCUT2D eigenvalue weighted by atomic mass is 35.5. The second-order valence-electron chi connectivity index (χ2n) is 3.71. The van der Waals surface area contributed by atoms with Crippen molar-refractivity contribution in [2.45, 2.75) is 19.8 Å². The minimum absolute atomic E-state index is 0. The Morgan fingerprint density at radius 3 is 2.18 bits per heavy atom. The molecule has 0 radical (unpaired) electrons. The van der Waals surface area contributed by atoms with Crippen LogP contribution in [0, 0.1) is 0 Å². The Labute approximate surface area is 109 Å². The maximum Gasteiger partial charge on any atom is 0.231 e. The number of nitrogens with zero attached hydrogens (tertiary/aromatic N) is 1. The van der Waals surface area contributed by atoms with E-state index >= 15 is 0 Å². The SMILES string of the molecule is CCN(CC)C(=O)C(CN)c1ccccc1.Cl. The number of halogens is 1. The molecule has 1 amide bonds. The van der Waals surface area contributed by atoms with Gasteiger partial charge in [0, 0.05) is 19.6 Å². The lowest BCUT2D eigenvalue weighted by Crippen LogP contribution is -2.37. The van der Waals surface area contributed by atoms with Crippen LogP contribution in [0.1, 0.15) is 25.3 Å². The zero-order chi connectivity index (χ0) is 12.0. The Morgan fingerprint density at radius 2 is 1.76 bits per heavy atom. The zero-order valence-corrected chi connectivity index (χ0v) is 11.2. The third-order valence-corrected chi connectivity index (χ3v) is 2.81. The number of amides is 1. The van der Waals surface area contributed by atoms with Crippen molar-refractivity contribution in [3.05, 3.63) is 35.9 Å². The maximum absolute atomic E-state index is 12.2. The predicted molar refractivity (Wildman–Crippen MR) is 73.4 cm³/mol. The highest BCUT2D eigenvalue weighted by Crippen LogP contribution is 2.17. The molecule has 0 saturated carbocycles. The van der Waals surface area contributed by atoms with Gasteiger partial charge < -0.3 is 10.6 Å². The van der Waals surface area contributed by atoms with Gasteiger partial charge in [-0.3, -0.25) is 4.79 Å². The quantitative estimate of drug-likeness (QED) is 0.876. The number of carbonyl (C=O) groups is 1. The molecule has 1 unspecified atom stereocenters. The van der Waals surface area contributed by atoms with E-state index in [-0.39, 0.29) is 24.2 Å². The molecule has 1 aromatic carbocycles. The number of hydrogen-bond donors (Lipinski definition) is 1. The summed E-state index contributed by atoms with van der Waals surface area (Å²) in [5.41, 5.74) is 6.71. The fourth-order valence-electron chi connectivity index (χ4n) is 1.82. The van der Waals surface area contributed by atoms with Gasteiger partial charge >= 0.3 is 0 Å². The molecule has 17 heavy (non-hydrogen) atoms. The molecule has 1 rings (SSSR count). The van der Waals surface area contributed by atoms with Crippen molar-refractivity contribution in [1.29, 1.82) is 0 Å². The van der Waals surface area contributed by atoms with Gasteiger partial charge in [-0.2, -0.15) is 0 Å². The molecule has 2 N–H and O–H groups in total. The van der Waals surface area contributed by atoms with E-state index in [2.05, 4.69) is 0 Å². The van der Waals surface area contributed by atoms with Crippen LogP contribution in [0.3, 0.4) is 0 Å². The average Bonchev–Trinajstić information content (AvgIpc) is 2.33. The number of nitrogens with two attached hydrogens (primary N) is 1. The van der Waals surface area contributed by atoms with Gasteiger partial charge in [-0.1, -0.05) is 30.3 Å². The Morgan fingerprint density at radius 1 is 1.24 bits per heavy atom. The molecular formula is C13H21ClN2O. The molecule has 0 bridgehead atoms. The van der Waals surface area contributed by atoms with Crippen LogP contribution in [-0.2, 0) is 4.79 Å². The van der Waals surface area contributed by atoms with Gasteiger partial charge in [0.1, 0.15) is 0 Å². The first-order valence-corrected chi connectivity index (χ1v) is 5.78. The van der Waals surface area contributed by atoms with Crippen LogP contribution in [0.4, 0.5) is 0 Å². The lowest BCUT2D eigenvalue weighted by Gasteiger charge is -2.24. The van der Waals surface area contributed by atoms with Crippen molar-refractivity contribution >= 4 is 18.3 Å². The summed E-state index contributed by atoms with van der Waals surface area (Å²) in [6, 6.07) is 9.73. The number of benzene rings is 1. The number of likely N-dealkylation sites (N-methyl/N-ethyl adjacent to an activating group) is 1. The third-order valence-electron chi connectivity index (χ3n) is 2.81. The van der Waals surface area contributed by atoms with Crippen LogP contribution in [0.25, 0.3) is 0 Å². The molecule has 0 heterocycles. The van der Waals surface area contributed by atoms with Gasteiger partial charge in [0.25, 0.3) is 0 Å². The summed E-state index contributed by atoms with van der Waals surface area (Å²) in [5, 5.41) is 0. The molecule has 3 nitrogen and oxygen atoms in total. The van der Waals surface area contributed by atoms with Gasteiger partial charge in [-0.15, -0.1) is 12.4 Å². The Bertz CT molecular complexity index is 325. The summed E-state index contributed by atoms with van der Waals surface area (Å²) in [6.07, 6.45) is 0. The van der Waals surface area contributed by atoms with Gasteiger partial charge in [0.15, 0.2) is 0 Å². The molecule has 0 aliphatic rings. The largest absolute Gasteiger partial charge is 0.343 e. The summed E-state index contributed by atoms with van der Waals surface area (Å²) < 4.78 is 0. The van der Waals surface area contributed by atoms with Crippen molar-refractivity contribution in [3.63, 3.8) is 0 Å². The first-order chi connectivity index (χ1) is 7.74. The second kappa shape index (κ2) is 8.09. The van der Waals surface area contributed by atoms with Gasteiger partial charge in [0.2, 0.25) is 5.91 Å². The van der Waals surface area contributed by atoms with Crippen LogP contribution in [0.5, 0.6) is 0 Å². The maximum atomic E-state index is 12.2. The standard InChI is InChI=1S/C13H20N2O.ClH/c1-3-15(4-2)13(16)12(10-14)11-8-6-5-7-9-11;/h5-9,12H,3-4,10,14H2,1-2H3;1H. The molecule has 1 aromatic rings. The molecule has 96 valence electrons. The topological polar surface area (TPSA) is 46.3 Å². The highest BCUT2D eigenvalue weighted by molar-refractivity contribution is 5.85. The van der Waals surface area contributed by atoms with Crippen molar-refractivity contribution in [1.82, 2.24) is 4.90 Å². The predicted octanol–water partition coefficient (Wildman–Crippen LogP) is 2.02. The molecule has 0 spiro atoms. The van der Waals surface area contributed by atoms with E-state index in [0.29, 0.717) is 6.54 Å². The van der Waals surface area contributed by atoms with Crippen LogP contribution in [0.2, 0.25) is 0 Å². The summed E-state index contributed by atoms with van der Waals surface area (Å²) in [5.74, 6) is -0.0835. The Balaban J connectivity index is 0.00000256. The number of hydrogen-bond acceptors (Lipinski definition) is 2. The minimum atomic E-state index is -0.207. The van der Waals surface area contributed by atoms with Crippen molar-refractivity contribution < 1.29 is 4.79 Å². The van der Waals surface area contributed by atoms with Crippen LogP contribution >= 0.6 is 12.4 Å². The van der Waals surface area contributed by atoms with Crippen molar-refractivity contribution in [3.8, 4) is 0 Å². The van der Waals surface area contributed by atoms with Crippen LogP contribution in [0.15, 0.2) is 30.3 Å². The minimum Gasteiger partial charge on any atom is -0.343 e. The normalized spacial score (nSPS) is 11.5. The fourth-order valence-corrected chi connectivity index (χ4v) is 1.82. The van der Waals surface area contributed by atoms with Crippen molar-refractivity contribution in [2.75, 3.05) is 19.6 Å². The van der Waals surface area contributed by atoms with Crippen molar-refractivity contribution in [2.24, 2.45) is 5.73 Å². The second-order valence-corrected chi connectivity index (χ2v) is 3.71. The lowest BCUT2D eigenvalue weighted by molar-refractivity contribution is -0.132. The van der Waals surface area contributed by atoms with Crippen LogP contribution < -0.4 is 5.73 Å². The van der Waals surface area contributed by atoms with E-state index < -0.39 is 0 Å². The number of rotatable bonds is 5. The molecule has 0 saturated heterocycles. The summed E-state index contributed by atoms with van der Waals surface area (Å²) in [7, 11) is 0. The number of carbonyl (C=O) groups excluding carboxylic acids is 1. The zero-order valence-electron chi connectivity index (χ0n) is 10.4. The molecule has 0 aliphatic heterocycles. The van der Waals surface area contributed by atoms with Gasteiger partial charge in [-0.25, -0.2) is 0 Å². The molecular weight excluding hydrogens is 236 g/mol. The monoisotopic (exact) mass is 256 g/mol. The summed E-state index contributed by atoms with van der Waals surface area (Å²) in [6.45, 7) is 5.80. The van der Waals surface area contributed by atoms with Gasteiger partial charge in [0.05, 0.1) is 5.92 Å². The Kier molecular flexibility index (Phi) is 7.59. The first-order valence-electron chi connectivity index (χ1n) is 5.78. The first kappa shape index (κ1) is 15.9. The molecule has 1 atom stereocenters. The smallest absolute Gasteiger partial charge is 0.231 e. The van der Waals surface area contributed by atoms with E-state index in [4.69, 9.17) is 5.73 Å². The van der Waals surface area contributed by atoms with E-state index in [1.807, 2.05) is 49.1 Å². The van der Waals surface area contributed by atoms with E-state index in [1.165, 1.54) is 0 Å². The van der Waals surface area contributed by atoms with Gasteiger partial charge in [-0.05, 0) is 19.4 Å². The van der Waals surface area contributed by atoms with E-state index in [0.717, 1.165) is 18.7 Å². The van der Waals surface area contributed by atoms with Crippen LogP contribution in [-0.4, -0.2) is 30.4 Å². The third kappa shape index (κ3) is 4.02. The molecule has 4 heteroatoms. The summed E-state index contributed by atoms with van der Waals surface area (Å²) in [4.78, 5) is 14.0. The molecule has 0 aromatic heterocycles. The summed E-state index contributed by atoms with van der Waals surface area (Å²) >= 11 is 0. The molecule has 0 aliphatic carbocycles. The van der Waals surface area contributed by atoms with E-state index in [9.17, 15) is 4.79 Å². The molecule has 0 fully saturated rings.